The highest BCUT2D eigenvalue weighted by molar-refractivity contribution is 6.36. The minimum absolute atomic E-state index is 0.0436. The van der Waals surface area contributed by atoms with Crippen molar-refractivity contribution in [2.45, 2.75) is 6.92 Å². The Hall–Kier alpha value is -0.810. The molecule has 4 nitrogen and oxygen atoms in total. The van der Waals surface area contributed by atoms with Gasteiger partial charge in [-0.15, -0.1) is 0 Å². The first kappa shape index (κ1) is 14.6. The zero-order chi connectivity index (χ0) is 13.8. The number of hydrogen-bond acceptors (Lipinski definition) is 3. The molecule has 0 aliphatic carbocycles. The summed E-state index contributed by atoms with van der Waals surface area (Å²) in [5.41, 5.74) is 1.46. The van der Waals surface area contributed by atoms with Crippen LogP contribution in [0.3, 0.4) is 0 Å². The van der Waals surface area contributed by atoms with Crippen molar-refractivity contribution in [3.63, 3.8) is 0 Å². The van der Waals surface area contributed by atoms with Crippen molar-refractivity contribution in [1.29, 1.82) is 0 Å². The van der Waals surface area contributed by atoms with Crippen LogP contribution in [-0.2, 0) is 4.79 Å². The SMILES string of the molecule is Cc1c(Cl)cc(NC(=O)CN2CCNCC2)cc1Cl. The van der Waals surface area contributed by atoms with E-state index >= 15 is 0 Å². The number of anilines is 1. The summed E-state index contributed by atoms with van der Waals surface area (Å²) in [5.74, 6) is -0.0436. The topological polar surface area (TPSA) is 44.4 Å². The average Bonchev–Trinajstić information content (AvgIpc) is 2.37. The van der Waals surface area contributed by atoms with Gasteiger partial charge >= 0.3 is 0 Å². The quantitative estimate of drug-likeness (QED) is 0.899. The molecule has 0 spiro atoms. The highest BCUT2D eigenvalue weighted by Crippen LogP contribution is 2.28. The molecule has 1 saturated heterocycles. The number of amides is 1. The molecular weight excluding hydrogens is 285 g/mol. The zero-order valence-electron chi connectivity index (χ0n) is 10.8. The van der Waals surface area contributed by atoms with Gasteiger partial charge in [-0.05, 0) is 24.6 Å². The molecule has 2 rings (SSSR count). The number of carbonyl (C=O) groups excluding carboxylic acids is 1. The summed E-state index contributed by atoms with van der Waals surface area (Å²) >= 11 is 12.1. The maximum atomic E-state index is 11.9. The molecule has 2 N–H and O–H groups in total. The van der Waals surface area contributed by atoms with Crippen molar-refractivity contribution in [3.8, 4) is 0 Å². The lowest BCUT2D eigenvalue weighted by Crippen LogP contribution is -2.46. The predicted molar refractivity (Wildman–Crippen MR) is 79.1 cm³/mol. The summed E-state index contributed by atoms with van der Waals surface area (Å²) in [5, 5.41) is 7.20. The number of benzene rings is 1. The molecule has 0 aromatic heterocycles. The molecule has 1 aliphatic rings. The zero-order valence-corrected chi connectivity index (χ0v) is 12.3. The minimum Gasteiger partial charge on any atom is -0.325 e. The van der Waals surface area contributed by atoms with E-state index in [9.17, 15) is 4.79 Å². The molecule has 1 aliphatic heterocycles. The van der Waals surface area contributed by atoms with E-state index in [1.54, 1.807) is 12.1 Å². The van der Waals surface area contributed by atoms with Crippen molar-refractivity contribution in [2.24, 2.45) is 0 Å². The molecule has 1 heterocycles. The number of nitrogens with one attached hydrogen (secondary N) is 2. The van der Waals surface area contributed by atoms with Crippen LogP contribution in [0.5, 0.6) is 0 Å². The number of nitrogens with zero attached hydrogens (tertiary/aromatic N) is 1. The summed E-state index contributed by atoms with van der Waals surface area (Å²) < 4.78 is 0. The van der Waals surface area contributed by atoms with Crippen molar-refractivity contribution < 1.29 is 4.79 Å². The van der Waals surface area contributed by atoms with Crippen molar-refractivity contribution in [1.82, 2.24) is 10.2 Å². The van der Waals surface area contributed by atoms with Crippen LogP contribution in [0.4, 0.5) is 5.69 Å². The number of rotatable bonds is 3. The van der Waals surface area contributed by atoms with E-state index in [0.717, 1.165) is 31.7 Å². The van der Waals surface area contributed by atoms with E-state index in [-0.39, 0.29) is 5.91 Å². The lowest BCUT2D eigenvalue weighted by atomic mass is 10.2. The fourth-order valence-electron chi connectivity index (χ4n) is 1.99. The Labute approximate surface area is 123 Å². The second-order valence-corrected chi connectivity index (χ2v) is 5.45. The average molecular weight is 302 g/mol. The van der Waals surface area contributed by atoms with Gasteiger partial charge in [0.05, 0.1) is 6.54 Å². The molecule has 1 aromatic carbocycles. The Morgan fingerprint density at radius 3 is 2.47 bits per heavy atom. The molecule has 19 heavy (non-hydrogen) atoms. The van der Waals surface area contributed by atoms with Gasteiger partial charge in [-0.3, -0.25) is 9.69 Å². The molecule has 1 amide bonds. The van der Waals surface area contributed by atoms with E-state index in [1.165, 1.54) is 0 Å². The first-order valence-corrected chi connectivity index (χ1v) is 7.00. The molecule has 0 bridgehead atoms. The number of hydrogen-bond donors (Lipinski definition) is 2. The van der Waals surface area contributed by atoms with E-state index < -0.39 is 0 Å². The minimum atomic E-state index is -0.0436. The first-order chi connectivity index (χ1) is 9.06. The molecular formula is C13H17Cl2N3O. The predicted octanol–water partition coefficient (Wildman–Crippen LogP) is 2.15. The summed E-state index contributed by atoms with van der Waals surface area (Å²) in [6.07, 6.45) is 0. The number of carbonyl (C=O) groups is 1. The highest BCUT2D eigenvalue weighted by atomic mass is 35.5. The Balaban J connectivity index is 1.94. The van der Waals surface area contributed by atoms with Crippen LogP contribution < -0.4 is 10.6 Å². The first-order valence-electron chi connectivity index (χ1n) is 6.25. The van der Waals surface area contributed by atoms with Crippen LogP contribution in [0.1, 0.15) is 5.56 Å². The molecule has 0 unspecified atom stereocenters. The van der Waals surface area contributed by atoms with Crippen LogP contribution in [0.25, 0.3) is 0 Å². The van der Waals surface area contributed by atoms with Gasteiger partial charge in [0.1, 0.15) is 0 Å². The summed E-state index contributed by atoms with van der Waals surface area (Å²) in [7, 11) is 0. The molecule has 104 valence electrons. The summed E-state index contributed by atoms with van der Waals surface area (Å²) in [6.45, 7) is 5.87. The Morgan fingerprint density at radius 1 is 1.32 bits per heavy atom. The summed E-state index contributed by atoms with van der Waals surface area (Å²) in [6, 6.07) is 3.44. The van der Waals surface area contributed by atoms with Gasteiger partial charge in [0.15, 0.2) is 0 Å². The van der Waals surface area contributed by atoms with Crippen molar-refractivity contribution in [2.75, 3.05) is 38.0 Å². The molecule has 1 aromatic rings. The highest BCUT2D eigenvalue weighted by Gasteiger charge is 2.14. The fraction of sp³-hybridized carbons (Fsp3) is 0.462. The van der Waals surface area contributed by atoms with Crippen LogP contribution >= 0.6 is 23.2 Å². The second-order valence-electron chi connectivity index (χ2n) is 4.64. The fourth-order valence-corrected chi connectivity index (χ4v) is 2.48. The standard InChI is InChI=1S/C13H17Cl2N3O/c1-9-11(14)6-10(7-12(9)15)17-13(19)8-18-4-2-16-3-5-18/h6-7,16H,2-5,8H2,1H3,(H,17,19). The van der Waals surface area contributed by atoms with Gasteiger partial charge in [0.2, 0.25) is 5.91 Å². The Kier molecular flexibility index (Phi) is 5.05. The van der Waals surface area contributed by atoms with Crippen LogP contribution in [-0.4, -0.2) is 43.5 Å². The van der Waals surface area contributed by atoms with E-state index in [2.05, 4.69) is 15.5 Å². The maximum Gasteiger partial charge on any atom is 0.238 e. The number of piperazine rings is 1. The monoisotopic (exact) mass is 301 g/mol. The van der Waals surface area contributed by atoms with E-state index in [1.807, 2.05) is 6.92 Å². The smallest absolute Gasteiger partial charge is 0.238 e. The van der Waals surface area contributed by atoms with Gasteiger partial charge in [-0.25, -0.2) is 0 Å². The van der Waals surface area contributed by atoms with Gasteiger partial charge in [0, 0.05) is 41.9 Å². The lowest BCUT2D eigenvalue weighted by molar-refractivity contribution is -0.117. The largest absolute Gasteiger partial charge is 0.325 e. The lowest BCUT2D eigenvalue weighted by Gasteiger charge is -2.26. The summed E-state index contributed by atoms with van der Waals surface area (Å²) in [4.78, 5) is 14.0. The molecule has 1 fully saturated rings. The van der Waals surface area contributed by atoms with Gasteiger partial charge in [-0.1, -0.05) is 23.2 Å². The van der Waals surface area contributed by atoms with Gasteiger partial charge in [-0.2, -0.15) is 0 Å². The second kappa shape index (κ2) is 6.57. The van der Waals surface area contributed by atoms with Gasteiger partial charge in [0.25, 0.3) is 0 Å². The molecule has 6 heteroatoms. The van der Waals surface area contributed by atoms with Crippen LogP contribution in [0.15, 0.2) is 12.1 Å². The van der Waals surface area contributed by atoms with Crippen molar-refractivity contribution in [3.05, 3.63) is 27.7 Å². The third kappa shape index (κ3) is 4.08. The van der Waals surface area contributed by atoms with E-state index in [0.29, 0.717) is 22.3 Å². The van der Waals surface area contributed by atoms with E-state index in [4.69, 9.17) is 23.2 Å². The van der Waals surface area contributed by atoms with Crippen LogP contribution in [0.2, 0.25) is 10.0 Å². The molecule has 0 radical (unpaired) electrons. The third-order valence-corrected chi connectivity index (χ3v) is 3.93. The normalized spacial score (nSPS) is 16.4. The Bertz CT molecular complexity index is 450. The Morgan fingerprint density at radius 2 is 1.89 bits per heavy atom. The van der Waals surface area contributed by atoms with Crippen LogP contribution in [0, 0.1) is 6.92 Å². The van der Waals surface area contributed by atoms with Gasteiger partial charge < -0.3 is 10.6 Å². The molecule has 0 saturated carbocycles. The van der Waals surface area contributed by atoms with Crippen molar-refractivity contribution >= 4 is 34.8 Å². The maximum absolute atomic E-state index is 11.9. The third-order valence-electron chi connectivity index (χ3n) is 3.14. The number of halogens is 2. The molecule has 0 atom stereocenters.